The fraction of sp³-hybridized carbons (Fsp3) is 0.529. The van der Waals surface area contributed by atoms with Crippen molar-refractivity contribution >= 4 is 28.7 Å². The number of anilines is 1. The van der Waals surface area contributed by atoms with E-state index >= 15 is 0 Å². The molecule has 2 aromatic heterocycles. The predicted molar refractivity (Wildman–Crippen MR) is 99.0 cm³/mol. The topological polar surface area (TPSA) is 170 Å². The lowest BCUT2D eigenvalue weighted by Gasteiger charge is -2.16. The minimum atomic E-state index is -1.36. The summed E-state index contributed by atoms with van der Waals surface area (Å²) in [5, 5.41) is 28.5. The smallest absolute Gasteiger partial charge is 0.272 e. The van der Waals surface area contributed by atoms with Crippen LogP contribution in [0, 0.1) is 0 Å². The molecule has 4 N–H and O–H groups in total. The van der Waals surface area contributed by atoms with E-state index in [0.29, 0.717) is 6.54 Å². The first-order valence-electron chi connectivity index (χ1n) is 9.15. The maximum atomic E-state index is 11.6. The first-order valence-corrected chi connectivity index (χ1v) is 9.15. The van der Waals surface area contributed by atoms with Gasteiger partial charge in [-0.15, -0.1) is 5.11 Å². The summed E-state index contributed by atoms with van der Waals surface area (Å²) in [6.45, 7) is 1.63. The van der Waals surface area contributed by atoms with Crippen LogP contribution in [0.25, 0.3) is 11.2 Å². The SMILES string of the molecule is CC(=O)[C@H]1O[C@@H](n2cnc3c(N)nc(N=NCC4CCC=CO4)nc32)[C@H](O)[C@@H]1O. The number of aromatic nitrogens is 4. The third-order valence-corrected chi connectivity index (χ3v) is 4.82. The molecule has 5 atom stereocenters. The van der Waals surface area contributed by atoms with Gasteiger partial charge in [0.2, 0.25) is 0 Å². The number of carbonyl (C=O) groups is 1. The zero-order valence-corrected chi connectivity index (χ0v) is 15.6. The summed E-state index contributed by atoms with van der Waals surface area (Å²) in [4.78, 5) is 24.1. The Bertz CT molecular complexity index is 974. The number of azo groups is 1. The van der Waals surface area contributed by atoms with E-state index in [2.05, 4.69) is 25.2 Å². The van der Waals surface area contributed by atoms with Gasteiger partial charge in [0.15, 0.2) is 23.5 Å². The van der Waals surface area contributed by atoms with E-state index in [4.69, 9.17) is 15.2 Å². The number of fused-ring (bicyclic) bond motifs is 1. The summed E-state index contributed by atoms with van der Waals surface area (Å²) in [6, 6.07) is 0. The molecule has 4 heterocycles. The number of aliphatic hydroxyl groups excluding tert-OH is 2. The van der Waals surface area contributed by atoms with Crippen molar-refractivity contribution in [2.24, 2.45) is 10.2 Å². The van der Waals surface area contributed by atoms with Crippen molar-refractivity contribution < 1.29 is 24.5 Å². The second-order valence-corrected chi connectivity index (χ2v) is 6.90. The molecule has 0 spiro atoms. The Hall–Kier alpha value is -2.96. The molecular weight excluding hydrogens is 382 g/mol. The maximum Gasteiger partial charge on any atom is 0.272 e. The zero-order chi connectivity index (χ0) is 20.5. The molecule has 2 aliphatic heterocycles. The van der Waals surface area contributed by atoms with Crippen LogP contribution in [-0.2, 0) is 14.3 Å². The molecule has 12 heteroatoms. The highest BCUT2D eigenvalue weighted by molar-refractivity contribution is 5.83. The van der Waals surface area contributed by atoms with Crippen LogP contribution in [0.1, 0.15) is 26.0 Å². The Balaban J connectivity index is 1.60. The number of hydrogen-bond acceptors (Lipinski definition) is 11. The third-order valence-electron chi connectivity index (χ3n) is 4.82. The Morgan fingerprint density at radius 1 is 1.38 bits per heavy atom. The van der Waals surface area contributed by atoms with Gasteiger partial charge < -0.3 is 25.4 Å². The second-order valence-electron chi connectivity index (χ2n) is 6.90. The quantitative estimate of drug-likeness (QED) is 0.597. The molecular formula is C17H21N7O5. The van der Waals surface area contributed by atoms with E-state index in [-0.39, 0.29) is 29.0 Å². The van der Waals surface area contributed by atoms with Gasteiger partial charge in [-0.3, -0.25) is 9.36 Å². The predicted octanol–water partition coefficient (Wildman–Crippen LogP) is 0.393. The molecule has 0 saturated carbocycles. The average Bonchev–Trinajstić information content (AvgIpc) is 3.25. The first kappa shape index (κ1) is 19.4. The lowest BCUT2D eigenvalue weighted by Crippen LogP contribution is -2.34. The van der Waals surface area contributed by atoms with Gasteiger partial charge in [-0.25, -0.2) is 4.98 Å². The van der Waals surface area contributed by atoms with Crippen molar-refractivity contribution in [3.05, 3.63) is 18.7 Å². The highest BCUT2D eigenvalue weighted by atomic mass is 16.6. The van der Waals surface area contributed by atoms with Crippen LogP contribution in [0.2, 0.25) is 0 Å². The van der Waals surface area contributed by atoms with E-state index in [1.54, 1.807) is 6.26 Å². The standard InChI is InChI=1S/C17H21N7O5/c1-8(25)13-11(26)12(27)16(29-13)24-7-19-10-14(18)21-17(22-15(10)24)23-20-6-9-4-2-3-5-28-9/h3,5,7,9,11-13,16,26-27H,2,4,6H2,1H3,(H2,18,21,22)/t9?,11-,12+,13+,16+/m0/s1. The largest absolute Gasteiger partial charge is 0.496 e. The number of imidazole rings is 1. The minimum Gasteiger partial charge on any atom is -0.496 e. The fourth-order valence-electron chi connectivity index (χ4n) is 3.30. The summed E-state index contributed by atoms with van der Waals surface area (Å²) in [7, 11) is 0. The number of Topliss-reactive ketones (excluding diaryl/α,β-unsaturated/α-hetero) is 1. The van der Waals surface area contributed by atoms with Crippen LogP contribution in [0.4, 0.5) is 11.8 Å². The highest BCUT2D eigenvalue weighted by Gasteiger charge is 2.46. The molecule has 1 fully saturated rings. The number of ether oxygens (including phenoxy) is 2. The normalized spacial score (nSPS) is 29.6. The molecule has 0 bridgehead atoms. The summed E-state index contributed by atoms with van der Waals surface area (Å²) in [6.07, 6.45) is 1.74. The van der Waals surface area contributed by atoms with Gasteiger partial charge in [-0.2, -0.15) is 15.1 Å². The molecule has 2 aromatic rings. The van der Waals surface area contributed by atoms with Crippen molar-refractivity contribution in [3.8, 4) is 0 Å². The third kappa shape index (κ3) is 3.69. The number of aliphatic hydroxyl groups is 2. The van der Waals surface area contributed by atoms with Gasteiger partial charge in [-0.1, -0.05) is 0 Å². The number of rotatable bonds is 5. The van der Waals surface area contributed by atoms with Crippen molar-refractivity contribution in [2.45, 2.75) is 50.4 Å². The van der Waals surface area contributed by atoms with Gasteiger partial charge in [0.25, 0.3) is 5.95 Å². The molecule has 0 aromatic carbocycles. The molecule has 1 unspecified atom stereocenters. The Morgan fingerprint density at radius 3 is 2.90 bits per heavy atom. The van der Waals surface area contributed by atoms with Crippen LogP contribution in [0.15, 0.2) is 28.9 Å². The van der Waals surface area contributed by atoms with E-state index in [0.717, 1.165) is 12.8 Å². The van der Waals surface area contributed by atoms with E-state index in [1.807, 2.05) is 6.08 Å². The summed E-state index contributed by atoms with van der Waals surface area (Å²) in [5.41, 5.74) is 6.47. The maximum absolute atomic E-state index is 11.6. The first-order chi connectivity index (χ1) is 14.0. The fourth-order valence-corrected chi connectivity index (χ4v) is 3.30. The monoisotopic (exact) mass is 403 g/mol. The number of ketones is 1. The lowest BCUT2D eigenvalue weighted by molar-refractivity contribution is -0.133. The average molecular weight is 403 g/mol. The van der Waals surface area contributed by atoms with Crippen LogP contribution < -0.4 is 5.73 Å². The number of nitrogens with two attached hydrogens (primary N) is 1. The molecule has 4 rings (SSSR count). The van der Waals surface area contributed by atoms with Crippen molar-refractivity contribution in [3.63, 3.8) is 0 Å². The summed E-state index contributed by atoms with van der Waals surface area (Å²) >= 11 is 0. The number of allylic oxidation sites excluding steroid dienone is 1. The van der Waals surface area contributed by atoms with Crippen molar-refractivity contribution in [1.29, 1.82) is 0 Å². The van der Waals surface area contributed by atoms with Crippen molar-refractivity contribution in [2.75, 3.05) is 12.3 Å². The molecule has 12 nitrogen and oxygen atoms in total. The molecule has 154 valence electrons. The van der Waals surface area contributed by atoms with Gasteiger partial charge in [0, 0.05) is 0 Å². The number of nitrogens with zero attached hydrogens (tertiary/aromatic N) is 6. The van der Waals surface area contributed by atoms with Crippen LogP contribution in [0.5, 0.6) is 0 Å². The highest BCUT2D eigenvalue weighted by Crippen LogP contribution is 2.33. The number of carbonyl (C=O) groups excluding carboxylic acids is 1. The molecule has 29 heavy (non-hydrogen) atoms. The lowest BCUT2D eigenvalue weighted by atomic mass is 10.1. The summed E-state index contributed by atoms with van der Waals surface area (Å²) < 4.78 is 12.3. The van der Waals surface area contributed by atoms with Gasteiger partial charge in [0.1, 0.15) is 29.9 Å². The number of hydrogen-bond donors (Lipinski definition) is 3. The van der Waals surface area contributed by atoms with E-state index < -0.39 is 30.3 Å². The molecule has 2 aliphatic rings. The zero-order valence-electron chi connectivity index (χ0n) is 15.6. The van der Waals surface area contributed by atoms with Crippen LogP contribution in [0.3, 0.4) is 0 Å². The molecule has 0 amide bonds. The van der Waals surface area contributed by atoms with Gasteiger partial charge >= 0.3 is 0 Å². The minimum absolute atomic E-state index is 0.0132. The Labute approximate surface area is 165 Å². The van der Waals surface area contributed by atoms with Gasteiger partial charge in [0.05, 0.1) is 19.1 Å². The van der Waals surface area contributed by atoms with Crippen molar-refractivity contribution in [1.82, 2.24) is 19.5 Å². The number of nitrogen functional groups attached to an aromatic ring is 1. The van der Waals surface area contributed by atoms with E-state index in [1.165, 1.54) is 17.8 Å². The molecule has 1 saturated heterocycles. The Morgan fingerprint density at radius 2 is 2.21 bits per heavy atom. The van der Waals surface area contributed by atoms with Gasteiger partial charge in [-0.05, 0) is 25.8 Å². The van der Waals surface area contributed by atoms with Crippen LogP contribution in [-0.4, -0.2) is 66.5 Å². The van der Waals surface area contributed by atoms with E-state index in [9.17, 15) is 15.0 Å². The van der Waals surface area contributed by atoms with Crippen LogP contribution >= 0.6 is 0 Å². The molecule has 0 radical (unpaired) electrons. The summed E-state index contributed by atoms with van der Waals surface area (Å²) in [5.74, 6) is -0.304. The Kier molecular flexibility index (Phi) is 5.22. The molecule has 0 aliphatic carbocycles. The second kappa shape index (κ2) is 7.81.